The Kier molecular flexibility index (Phi) is 5.20. The van der Waals surface area contributed by atoms with E-state index in [4.69, 9.17) is 16.3 Å². The molecule has 1 unspecified atom stereocenters. The van der Waals surface area contributed by atoms with Gasteiger partial charge in [-0.25, -0.2) is 4.98 Å². The summed E-state index contributed by atoms with van der Waals surface area (Å²) in [7, 11) is 0. The summed E-state index contributed by atoms with van der Waals surface area (Å²) in [6.45, 7) is 3.67. The van der Waals surface area contributed by atoms with E-state index in [-0.39, 0.29) is 5.91 Å². The van der Waals surface area contributed by atoms with Gasteiger partial charge in [0.25, 0.3) is 5.91 Å². The van der Waals surface area contributed by atoms with Crippen LogP contribution < -0.4 is 10.1 Å². The van der Waals surface area contributed by atoms with E-state index in [2.05, 4.69) is 26.2 Å². The van der Waals surface area contributed by atoms with Gasteiger partial charge in [0.15, 0.2) is 6.10 Å². The minimum atomic E-state index is -0.639. The first-order chi connectivity index (χ1) is 9.95. The molecule has 0 radical (unpaired) electrons. The predicted molar refractivity (Wildman–Crippen MR) is 86.8 cm³/mol. The molecule has 1 N–H and O–H groups in total. The Balaban J connectivity index is 2.00. The van der Waals surface area contributed by atoms with Gasteiger partial charge in [-0.3, -0.25) is 4.79 Å². The third-order valence-corrected chi connectivity index (χ3v) is 3.60. The Morgan fingerprint density at radius 1 is 1.38 bits per heavy atom. The van der Waals surface area contributed by atoms with Crippen molar-refractivity contribution in [2.45, 2.75) is 20.0 Å². The van der Waals surface area contributed by atoms with Gasteiger partial charge in [0.1, 0.15) is 10.9 Å². The van der Waals surface area contributed by atoms with Crippen molar-refractivity contribution in [3.8, 4) is 5.75 Å². The zero-order valence-electron chi connectivity index (χ0n) is 11.6. The lowest BCUT2D eigenvalue weighted by molar-refractivity contribution is -0.122. The molecule has 0 saturated heterocycles. The van der Waals surface area contributed by atoms with Gasteiger partial charge in [-0.15, -0.1) is 0 Å². The lowest BCUT2D eigenvalue weighted by Crippen LogP contribution is -2.30. The quantitative estimate of drug-likeness (QED) is 0.821. The average Bonchev–Trinajstić information content (AvgIpc) is 2.44. The fourth-order valence-electron chi connectivity index (χ4n) is 1.64. The Bertz CT molecular complexity index is 647. The molecule has 21 heavy (non-hydrogen) atoms. The van der Waals surface area contributed by atoms with E-state index in [1.165, 1.54) is 6.20 Å². The highest BCUT2D eigenvalue weighted by Gasteiger charge is 2.16. The molecule has 0 bridgehead atoms. The molecule has 0 fully saturated rings. The fourth-order valence-corrected chi connectivity index (χ4v) is 2.34. The first-order valence-electron chi connectivity index (χ1n) is 6.31. The second-order valence-electron chi connectivity index (χ2n) is 4.55. The smallest absolute Gasteiger partial charge is 0.265 e. The summed E-state index contributed by atoms with van der Waals surface area (Å²) in [5.74, 6) is 0.365. The van der Waals surface area contributed by atoms with Crippen LogP contribution >= 0.6 is 27.5 Å². The summed E-state index contributed by atoms with van der Waals surface area (Å²) in [4.78, 5) is 16.0. The molecule has 6 heteroatoms. The Labute approximate surface area is 136 Å². The molecule has 0 spiro atoms. The summed E-state index contributed by atoms with van der Waals surface area (Å²) in [6.07, 6.45) is 0.856. The standard InChI is InChI=1S/C15H14BrClN2O2/c1-9-3-5-13(12(16)7-9)21-10(2)15(20)19-11-4-6-14(17)18-8-11/h3-8,10H,1-2H3,(H,19,20). The monoisotopic (exact) mass is 368 g/mol. The third-order valence-electron chi connectivity index (χ3n) is 2.76. The molecule has 2 rings (SSSR count). The van der Waals surface area contributed by atoms with Crippen LogP contribution in [-0.2, 0) is 4.79 Å². The number of halogens is 2. The van der Waals surface area contributed by atoms with Gasteiger partial charge < -0.3 is 10.1 Å². The van der Waals surface area contributed by atoms with Crippen LogP contribution in [0.5, 0.6) is 5.75 Å². The van der Waals surface area contributed by atoms with E-state index < -0.39 is 6.10 Å². The lowest BCUT2D eigenvalue weighted by atomic mass is 10.2. The number of amides is 1. The number of pyridine rings is 1. The van der Waals surface area contributed by atoms with Crippen molar-refractivity contribution in [2.75, 3.05) is 5.32 Å². The molecule has 1 aromatic carbocycles. The highest BCUT2D eigenvalue weighted by molar-refractivity contribution is 9.10. The fraction of sp³-hybridized carbons (Fsp3) is 0.200. The van der Waals surface area contributed by atoms with Gasteiger partial charge in [0, 0.05) is 0 Å². The molecule has 1 heterocycles. The largest absolute Gasteiger partial charge is 0.480 e. The van der Waals surface area contributed by atoms with Crippen molar-refractivity contribution in [1.82, 2.24) is 4.98 Å². The minimum Gasteiger partial charge on any atom is -0.480 e. The molecule has 0 aliphatic heterocycles. The second-order valence-corrected chi connectivity index (χ2v) is 5.79. The van der Waals surface area contributed by atoms with Gasteiger partial charge in [0.2, 0.25) is 0 Å². The van der Waals surface area contributed by atoms with Crippen LogP contribution in [0.15, 0.2) is 41.0 Å². The van der Waals surface area contributed by atoms with Crippen molar-refractivity contribution in [1.29, 1.82) is 0 Å². The number of ether oxygens (including phenoxy) is 1. The maximum absolute atomic E-state index is 12.1. The first kappa shape index (κ1) is 15.8. The number of benzene rings is 1. The van der Waals surface area contributed by atoms with Crippen molar-refractivity contribution in [2.24, 2.45) is 0 Å². The number of carbonyl (C=O) groups is 1. The van der Waals surface area contributed by atoms with Gasteiger partial charge >= 0.3 is 0 Å². The SMILES string of the molecule is Cc1ccc(OC(C)C(=O)Nc2ccc(Cl)nc2)c(Br)c1. The van der Waals surface area contributed by atoms with Crippen LogP contribution in [0.1, 0.15) is 12.5 Å². The third kappa shape index (κ3) is 4.44. The van der Waals surface area contributed by atoms with Gasteiger partial charge in [-0.2, -0.15) is 0 Å². The molecule has 1 aromatic heterocycles. The summed E-state index contributed by atoms with van der Waals surface area (Å²) in [5.41, 5.74) is 1.68. The molecular weight excluding hydrogens is 356 g/mol. The molecule has 0 aliphatic rings. The van der Waals surface area contributed by atoms with Crippen LogP contribution in [0.25, 0.3) is 0 Å². The van der Waals surface area contributed by atoms with Crippen LogP contribution in [-0.4, -0.2) is 17.0 Å². The van der Waals surface area contributed by atoms with Gasteiger partial charge in [-0.1, -0.05) is 17.7 Å². The van der Waals surface area contributed by atoms with Crippen LogP contribution in [0, 0.1) is 6.92 Å². The highest BCUT2D eigenvalue weighted by Crippen LogP contribution is 2.26. The molecule has 0 saturated carbocycles. The molecule has 2 aromatic rings. The van der Waals surface area contributed by atoms with E-state index in [0.29, 0.717) is 16.6 Å². The molecule has 0 aliphatic carbocycles. The first-order valence-corrected chi connectivity index (χ1v) is 7.48. The van der Waals surface area contributed by atoms with Crippen molar-refractivity contribution >= 4 is 39.1 Å². The molecular formula is C15H14BrClN2O2. The van der Waals surface area contributed by atoms with Crippen LogP contribution in [0.3, 0.4) is 0 Å². The zero-order chi connectivity index (χ0) is 15.4. The number of nitrogens with zero attached hydrogens (tertiary/aromatic N) is 1. The number of aromatic nitrogens is 1. The van der Waals surface area contributed by atoms with Crippen LogP contribution in [0.2, 0.25) is 5.15 Å². The molecule has 1 atom stereocenters. The summed E-state index contributed by atoms with van der Waals surface area (Å²) in [5, 5.41) is 3.10. The maximum Gasteiger partial charge on any atom is 0.265 e. The maximum atomic E-state index is 12.1. The summed E-state index contributed by atoms with van der Waals surface area (Å²) in [6, 6.07) is 8.98. The van der Waals surface area contributed by atoms with Crippen molar-refractivity contribution in [3.63, 3.8) is 0 Å². The number of aryl methyl sites for hydroxylation is 1. The molecule has 1 amide bonds. The lowest BCUT2D eigenvalue weighted by Gasteiger charge is -2.16. The number of anilines is 1. The Hall–Kier alpha value is -1.59. The topological polar surface area (TPSA) is 51.2 Å². The van der Waals surface area contributed by atoms with E-state index in [1.54, 1.807) is 19.1 Å². The Morgan fingerprint density at radius 2 is 2.14 bits per heavy atom. The minimum absolute atomic E-state index is 0.258. The molecule has 110 valence electrons. The number of nitrogens with one attached hydrogen (secondary N) is 1. The Morgan fingerprint density at radius 3 is 2.76 bits per heavy atom. The van der Waals surface area contributed by atoms with Gasteiger partial charge in [-0.05, 0) is 59.6 Å². The zero-order valence-corrected chi connectivity index (χ0v) is 13.9. The summed E-state index contributed by atoms with van der Waals surface area (Å²) >= 11 is 9.11. The van der Waals surface area contributed by atoms with Gasteiger partial charge in [0.05, 0.1) is 16.4 Å². The number of hydrogen-bond donors (Lipinski definition) is 1. The number of hydrogen-bond acceptors (Lipinski definition) is 3. The van der Waals surface area contributed by atoms with Crippen molar-refractivity contribution < 1.29 is 9.53 Å². The summed E-state index contributed by atoms with van der Waals surface area (Å²) < 4.78 is 6.47. The highest BCUT2D eigenvalue weighted by atomic mass is 79.9. The number of carbonyl (C=O) groups excluding carboxylic acids is 1. The molecule has 4 nitrogen and oxygen atoms in total. The van der Waals surface area contributed by atoms with Crippen molar-refractivity contribution in [3.05, 3.63) is 51.7 Å². The van der Waals surface area contributed by atoms with E-state index in [0.717, 1.165) is 10.0 Å². The van der Waals surface area contributed by atoms with E-state index in [1.807, 2.05) is 25.1 Å². The normalized spacial score (nSPS) is 11.8. The van der Waals surface area contributed by atoms with Crippen LogP contribution in [0.4, 0.5) is 5.69 Å². The predicted octanol–water partition coefficient (Wildman–Crippen LogP) is 4.21. The van der Waals surface area contributed by atoms with E-state index in [9.17, 15) is 4.79 Å². The van der Waals surface area contributed by atoms with E-state index >= 15 is 0 Å². The number of rotatable bonds is 4. The second kappa shape index (κ2) is 6.91. The average molecular weight is 370 g/mol.